The van der Waals surface area contributed by atoms with Gasteiger partial charge in [0.15, 0.2) is 0 Å². The zero-order valence-electron chi connectivity index (χ0n) is 16.2. The van der Waals surface area contributed by atoms with Crippen molar-refractivity contribution in [1.29, 1.82) is 0 Å². The SMILES string of the molecule is CC(C)(C)NC(=O)N1CCCC(c2nnc(C(=O)Nc3cccc(Cl)c3)s2)C1. The molecule has 0 bridgehead atoms. The molecule has 28 heavy (non-hydrogen) atoms. The van der Waals surface area contributed by atoms with Gasteiger partial charge in [-0.25, -0.2) is 4.79 Å². The Morgan fingerprint density at radius 3 is 2.79 bits per heavy atom. The second-order valence-corrected chi connectivity index (χ2v) is 9.32. The summed E-state index contributed by atoms with van der Waals surface area (Å²) in [4.78, 5) is 26.7. The number of likely N-dealkylation sites (tertiary alicyclic amines) is 1. The Morgan fingerprint density at radius 1 is 1.29 bits per heavy atom. The number of carbonyl (C=O) groups excluding carboxylic acids is 2. The smallest absolute Gasteiger partial charge is 0.317 e. The van der Waals surface area contributed by atoms with E-state index in [9.17, 15) is 9.59 Å². The van der Waals surface area contributed by atoms with Crippen molar-refractivity contribution in [2.45, 2.75) is 45.1 Å². The molecule has 1 aromatic carbocycles. The summed E-state index contributed by atoms with van der Waals surface area (Å²) in [7, 11) is 0. The fourth-order valence-corrected chi connectivity index (χ4v) is 4.06. The molecule has 2 heterocycles. The van der Waals surface area contributed by atoms with Gasteiger partial charge in [0.2, 0.25) is 5.01 Å². The van der Waals surface area contributed by atoms with Crippen molar-refractivity contribution in [3.63, 3.8) is 0 Å². The molecule has 1 fully saturated rings. The standard InChI is InChI=1S/C19H24ClN5O2S/c1-19(2,3)22-18(27)25-9-5-6-12(11-25)16-23-24-17(28-16)15(26)21-14-8-4-7-13(20)10-14/h4,7-8,10,12H,5-6,9,11H2,1-3H3,(H,21,26)(H,22,27). The fourth-order valence-electron chi connectivity index (χ4n) is 3.01. The molecule has 3 amide bonds. The van der Waals surface area contributed by atoms with Crippen molar-refractivity contribution >= 4 is 40.6 Å². The van der Waals surface area contributed by atoms with Crippen molar-refractivity contribution < 1.29 is 9.59 Å². The van der Waals surface area contributed by atoms with Crippen molar-refractivity contribution in [3.8, 4) is 0 Å². The maximum Gasteiger partial charge on any atom is 0.317 e. The van der Waals surface area contributed by atoms with E-state index < -0.39 is 0 Å². The number of rotatable bonds is 3. The van der Waals surface area contributed by atoms with E-state index in [1.807, 2.05) is 25.7 Å². The normalized spacial score (nSPS) is 17.3. The highest BCUT2D eigenvalue weighted by atomic mass is 35.5. The number of benzene rings is 1. The second kappa shape index (κ2) is 8.45. The van der Waals surface area contributed by atoms with Gasteiger partial charge in [0.05, 0.1) is 0 Å². The van der Waals surface area contributed by atoms with Gasteiger partial charge >= 0.3 is 6.03 Å². The summed E-state index contributed by atoms with van der Waals surface area (Å²) >= 11 is 7.22. The number of nitrogens with one attached hydrogen (secondary N) is 2. The molecule has 1 aromatic heterocycles. The first-order valence-corrected chi connectivity index (χ1v) is 10.4. The molecule has 1 atom stereocenters. The van der Waals surface area contributed by atoms with Crippen LogP contribution in [0.15, 0.2) is 24.3 Å². The third-order valence-electron chi connectivity index (χ3n) is 4.26. The quantitative estimate of drug-likeness (QED) is 0.779. The van der Waals surface area contributed by atoms with Gasteiger partial charge in [-0.3, -0.25) is 4.79 Å². The van der Waals surface area contributed by atoms with Crippen LogP contribution in [-0.2, 0) is 0 Å². The zero-order valence-corrected chi connectivity index (χ0v) is 17.7. The third-order valence-corrected chi connectivity index (χ3v) is 5.58. The Hall–Kier alpha value is -2.19. The second-order valence-electron chi connectivity index (χ2n) is 7.88. The molecule has 1 aliphatic rings. The predicted octanol–water partition coefficient (Wildman–Crippen LogP) is 4.13. The zero-order chi connectivity index (χ0) is 20.3. The van der Waals surface area contributed by atoms with Crippen LogP contribution >= 0.6 is 22.9 Å². The summed E-state index contributed by atoms with van der Waals surface area (Å²) in [6, 6.07) is 6.88. The van der Waals surface area contributed by atoms with Gasteiger partial charge < -0.3 is 15.5 Å². The maximum absolute atomic E-state index is 12.4. The average Bonchev–Trinajstić information content (AvgIpc) is 3.11. The lowest BCUT2D eigenvalue weighted by atomic mass is 9.99. The largest absolute Gasteiger partial charge is 0.333 e. The summed E-state index contributed by atoms with van der Waals surface area (Å²) in [6.07, 6.45) is 1.82. The van der Waals surface area contributed by atoms with Gasteiger partial charge in [0, 0.05) is 35.3 Å². The third kappa shape index (κ3) is 5.42. The number of urea groups is 1. The number of hydrogen-bond acceptors (Lipinski definition) is 5. The summed E-state index contributed by atoms with van der Waals surface area (Å²) in [6.45, 7) is 7.18. The number of halogens is 1. The Kier molecular flexibility index (Phi) is 6.20. The molecule has 1 aliphatic heterocycles. The van der Waals surface area contributed by atoms with Crippen LogP contribution in [0.4, 0.5) is 10.5 Å². The van der Waals surface area contributed by atoms with Crippen LogP contribution in [0.5, 0.6) is 0 Å². The molecule has 0 saturated carbocycles. The molecule has 0 spiro atoms. The van der Waals surface area contributed by atoms with E-state index in [1.165, 1.54) is 11.3 Å². The van der Waals surface area contributed by atoms with Gasteiger partial charge in [0.1, 0.15) is 5.01 Å². The van der Waals surface area contributed by atoms with E-state index in [0.717, 1.165) is 24.4 Å². The van der Waals surface area contributed by atoms with Gasteiger partial charge in [0.25, 0.3) is 5.91 Å². The monoisotopic (exact) mass is 421 g/mol. The molecule has 3 rings (SSSR count). The van der Waals surface area contributed by atoms with Crippen LogP contribution in [0.25, 0.3) is 0 Å². The summed E-state index contributed by atoms with van der Waals surface area (Å²) in [5, 5.41) is 15.7. The highest BCUT2D eigenvalue weighted by Gasteiger charge is 2.29. The fraction of sp³-hybridized carbons (Fsp3) is 0.474. The molecule has 1 saturated heterocycles. The van der Waals surface area contributed by atoms with E-state index in [2.05, 4.69) is 20.8 Å². The Bertz CT molecular complexity index is 864. The lowest BCUT2D eigenvalue weighted by Crippen LogP contribution is -2.51. The molecule has 7 nitrogen and oxygen atoms in total. The van der Waals surface area contributed by atoms with Crippen molar-refractivity contribution in [3.05, 3.63) is 39.3 Å². The number of aromatic nitrogens is 2. The molecule has 9 heteroatoms. The van der Waals surface area contributed by atoms with Crippen LogP contribution in [0.1, 0.15) is 54.3 Å². The molecule has 0 radical (unpaired) electrons. The van der Waals surface area contributed by atoms with E-state index in [0.29, 0.717) is 22.3 Å². The number of piperidine rings is 1. The Morgan fingerprint density at radius 2 is 2.07 bits per heavy atom. The minimum absolute atomic E-state index is 0.0689. The van der Waals surface area contributed by atoms with E-state index in [-0.39, 0.29) is 23.4 Å². The average molecular weight is 422 g/mol. The first-order valence-electron chi connectivity index (χ1n) is 9.19. The topological polar surface area (TPSA) is 87.2 Å². The highest BCUT2D eigenvalue weighted by Crippen LogP contribution is 2.29. The summed E-state index contributed by atoms with van der Waals surface area (Å²) < 4.78 is 0. The lowest BCUT2D eigenvalue weighted by Gasteiger charge is -2.34. The van der Waals surface area contributed by atoms with Gasteiger partial charge in [-0.2, -0.15) is 0 Å². The van der Waals surface area contributed by atoms with Crippen LogP contribution in [0.3, 0.4) is 0 Å². The number of nitrogens with zero attached hydrogens (tertiary/aromatic N) is 3. The molecule has 1 unspecified atom stereocenters. The first kappa shape index (κ1) is 20.5. The van der Waals surface area contributed by atoms with E-state index in [1.54, 1.807) is 24.3 Å². The van der Waals surface area contributed by atoms with Gasteiger partial charge in [-0.05, 0) is 51.8 Å². The number of carbonyl (C=O) groups is 2. The summed E-state index contributed by atoms with van der Waals surface area (Å²) in [5.74, 6) is -0.228. The van der Waals surface area contributed by atoms with Crippen LogP contribution in [0.2, 0.25) is 5.02 Å². The van der Waals surface area contributed by atoms with Crippen LogP contribution < -0.4 is 10.6 Å². The number of amides is 3. The minimum Gasteiger partial charge on any atom is -0.333 e. The van der Waals surface area contributed by atoms with Crippen LogP contribution in [0, 0.1) is 0 Å². The summed E-state index contributed by atoms with van der Waals surface area (Å²) in [5.41, 5.74) is 0.329. The number of anilines is 1. The number of hydrogen-bond donors (Lipinski definition) is 2. The van der Waals surface area contributed by atoms with E-state index >= 15 is 0 Å². The van der Waals surface area contributed by atoms with E-state index in [4.69, 9.17) is 11.6 Å². The van der Waals surface area contributed by atoms with Crippen molar-refractivity contribution in [2.24, 2.45) is 0 Å². The molecule has 150 valence electrons. The molecular weight excluding hydrogens is 398 g/mol. The minimum atomic E-state index is -0.316. The van der Waals surface area contributed by atoms with Crippen molar-refractivity contribution in [2.75, 3.05) is 18.4 Å². The molecule has 2 N–H and O–H groups in total. The molecule has 2 aromatic rings. The van der Waals surface area contributed by atoms with Gasteiger partial charge in [-0.15, -0.1) is 10.2 Å². The maximum atomic E-state index is 12.4. The highest BCUT2D eigenvalue weighted by molar-refractivity contribution is 7.13. The Balaban J connectivity index is 1.64. The Labute approximate surface area is 173 Å². The van der Waals surface area contributed by atoms with Crippen LogP contribution in [-0.4, -0.2) is 45.7 Å². The van der Waals surface area contributed by atoms with Gasteiger partial charge in [-0.1, -0.05) is 29.0 Å². The first-order chi connectivity index (χ1) is 13.2. The molecule has 0 aliphatic carbocycles. The van der Waals surface area contributed by atoms with Crippen molar-refractivity contribution in [1.82, 2.24) is 20.4 Å². The predicted molar refractivity (Wildman–Crippen MR) is 111 cm³/mol. The molecular formula is C19H24ClN5O2S. The lowest BCUT2D eigenvalue weighted by molar-refractivity contribution is 0.102.